The minimum Gasteiger partial charge on any atom is -0.457 e. The first kappa shape index (κ1) is 10.8. The van der Waals surface area contributed by atoms with E-state index < -0.39 is 0 Å². The number of benzene rings is 3. The zero-order chi connectivity index (χ0) is 12.4. The fourth-order valence-electron chi connectivity index (χ4n) is 1.97. The van der Waals surface area contributed by atoms with Crippen LogP contribution in [0.4, 0.5) is 0 Å². The van der Waals surface area contributed by atoms with Gasteiger partial charge in [-0.25, -0.2) is 0 Å². The summed E-state index contributed by atoms with van der Waals surface area (Å²) >= 11 is 0. The second-order valence-corrected chi connectivity index (χ2v) is 4.42. The third-order valence-corrected chi connectivity index (χ3v) is 2.98. The monoisotopic (exact) mass is 234 g/mol. The maximum absolute atomic E-state index is 5.84. The van der Waals surface area contributed by atoms with Crippen molar-refractivity contribution >= 4 is 10.8 Å². The van der Waals surface area contributed by atoms with Crippen LogP contribution < -0.4 is 4.74 Å². The normalized spacial score (nSPS) is 10.5. The van der Waals surface area contributed by atoms with Gasteiger partial charge in [-0.2, -0.15) is 0 Å². The zero-order valence-corrected chi connectivity index (χ0v) is 10.3. The molecule has 0 bridgehead atoms. The second-order valence-electron chi connectivity index (χ2n) is 4.42. The first-order chi connectivity index (χ1) is 8.81. The molecule has 0 spiro atoms. The van der Waals surface area contributed by atoms with Crippen molar-refractivity contribution in [3.63, 3.8) is 0 Å². The fraction of sp³-hybridized carbons (Fsp3) is 0.0588. The molecular weight excluding hydrogens is 220 g/mol. The summed E-state index contributed by atoms with van der Waals surface area (Å²) in [5.41, 5.74) is 1.24. The summed E-state index contributed by atoms with van der Waals surface area (Å²) in [4.78, 5) is 0. The van der Waals surface area contributed by atoms with E-state index in [9.17, 15) is 0 Å². The standard InChI is InChI=1S/C17H14O/c1-13-6-9-16(10-7-13)18-17-11-8-14-4-2-3-5-15(14)12-17/h2-12H,1H3. The van der Waals surface area contributed by atoms with E-state index in [1.165, 1.54) is 16.3 Å². The molecule has 0 aliphatic heterocycles. The van der Waals surface area contributed by atoms with Crippen molar-refractivity contribution in [3.8, 4) is 11.5 Å². The van der Waals surface area contributed by atoms with E-state index in [1.807, 2.05) is 30.3 Å². The predicted molar refractivity (Wildman–Crippen MR) is 75.2 cm³/mol. The van der Waals surface area contributed by atoms with Gasteiger partial charge in [0.15, 0.2) is 0 Å². The molecule has 0 amide bonds. The van der Waals surface area contributed by atoms with Crippen LogP contribution >= 0.6 is 0 Å². The molecule has 0 aliphatic carbocycles. The van der Waals surface area contributed by atoms with E-state index in [-0.39, 0.29) is 0 Å². The van der Waals surface area contributed by atoms with E-state index >= 15 is 0 Å². The van der Waals surface area contributed by atoms with Crippen LogP contribution in [0.2, 0.25) is 0 Å². The van der Waals surface area contributed by atoms with E-state index in [0.717, 1.165) is 11.5 Å². The van der Waals surface area contributed by atoms with Crippen LogP contribution in [0, 0.1) is 6.92 Å². The lowest BCUT2D eigenvalue weighted by Gasteiger charge is -2.07. The average Bonchev–Trinajstić information content (AvgIpc) is 2.41. The van der Waals surface area contributed by atoms with Gasteiger partial charge in [0.05, 0.1) is 0 Å². The van der Waals surface area contributed by atoms with E-state index in [2.05, 4.69) is 43.3 Å². The molecule has 0 saturated carbocycles. The first-order valence-electron chi connectivity index (χ1n) is 6.04. The van der Waals surface area contributed by atoms with Crippen LogP contribution in [0.3, 0.4) is 0 Å². The molecule has 0 N–H and O–H groups in total. The molecule has 88 valence electrons. The molecule has 0 heterocycles. The Morgan fingerprint density at radius 3 is 2.11 bits per heavy atom. The van der Waals surface area contributed by atoms with Gasteiger partial charge < -0.3 is 4.74 Å². The summed E-state index contributed by atoms with van der Waals surface area (Å²) in [6, 6.07) is 22.5. The summed E-state index contributed by atoms with van der Waals surface area (Å²) in [6.45, 7) is 2.07. The van der Waals surface area contributed by atoms with E-state index in [4.69, 9.17) is 4.74 Å². The zero-order valence-electron chi connectivity index (χ0n) is 10.3. The summed E-state index contributed by atoms with van der Waals surface area (Å²) in [7, 11) is 0. The number of fused-ring (bicyclic) bond motifs is 1. The molecule has 0 atom stereocenters. The Morgan fingerprint density at radius 1 is 0.667 bits per heavy atom. The second kappa shape index (κ2) is 4.53. The fourth-order valence-corrected chi connectivity index (χ4v) is 1.97. The molecule has 1 nitrogen and oxygen atoms in total. The SMILES string of the molecule is Cc1ccc(Oc2ccc3ccccc3c2)cc1. The Bertz CT molecular complexity index is 669. The number of hydrogen-bond acceptors (Lipinski definition) is 1. The maximum atomic E-state index is 5.84. The highest BCUT2D eigenvalue weighted by Gasteiger charge is 1.98. The van der Waals surface area contributed by atoms with Gasteiger partial charge in [-0.1, -0.05) is 48.0 Å². The van der Waals surface area contributed by atoms with Gasteiger partial charge in [0.25, 0.3) is 0 Å². The Labute approximate surface area is 107 Å². The van der Waals surface area contributed by atoms with Crippen LogP contribution in [0.15, 0.2) is 66.7 Å². The number of hydrogen-bond donors (Lipinski definition) is 0. The van der Waals surface area contributed by atoms with E-state index in [0.29, 0.717) is 0 Å². The summed E-state index contributed by atoms with van der Waals surface area (Å²) < 4.78 is 5.84. The van der Waals surface area contributed by atoms with Crippen LogP contribution in [0.25, 0.3) is 10.8 Å². The predicted octanol–water partition coefficient (Wildman–Crippen LogP) is 4.94. The van der Waals surface area contributed by atoms with Crippen LogP contribution in [-0.2, 0) is 0 Å². The molecular formula is C17H14O. The minimum absolute atomic E-state index is 0.871. The van der Waals surface area contributed by atoms with E-state index in [1.54, 1.807) is 0 Å². The number of aryl methyl sites for hydroxylation is 1. The lowest BCUT2D eigenvalue weighted by Crippen LogP contribution is -1.84. The highest BCUT2D eigenvalue weighted by Crippen LogP contribution is 2.25. The third kappa shape index (κ3) is 2.21. The Balaban J connectivity index is 1.92. The molecule has 1 heteroatoms. The lowest BCUT2D eigenvalue weighted by atomic mass is 10.1. The van der Waals surface area contributed by atoms with Crippen molar-refractivity contribution in [2.45, 2.75) is 6.92 Å². The quantitative estimate of drug-likeness (QED) is 0.610. The van der Waals surface area contributed by atoms with Gasteiger partial charge in [0, 0.05) is 0 Å². The van der Waals surface area contributed by atoms with Gasteiger partial charge >= 0.3 is 0 Å². The minimum atomic E-state index is 0.871. The van der Waals surface area contributed by atoms with Crippen molar-refractivity contribution in [1.82, 2.24) is 0 Å². The smallest absolute Gasteiger partial charge is 0.128 e. The molecule has 3 aromatic rings. The largest absolute Gasteiger partial charge is 0.457 e. The van der Waals surface area contributed by atoms with Crippen molar-refractivity contribution in [2.24, 2.45) is 0 Å². The van der Waals surface area contributed by atoms with Crippen LogP contribution in [0.5, 0.6) is 11.5 Å². The molecule has 0 fully saturated rings. The highest BCUT2D eigenvalue weighted by molar-refractivity contribution is 5.83. The molecule has 0 aliphatic rings. The summed E-state index contributed by atoms with van der Waals surface area (Å²) in [5, 5.41) is 2.43. The molecule has 0 aromatic heterocycles. The summed E-state index contributed by atoms with van der Waals surface area (Å²) in [6.07, 6.45) is 0. The van der Waals surface area contributed by atoms with Crippen LogP contribution in [-0.4, -0.2) is 0 Å². The average molecular weight is 234 g/mol. The van der Waals surface area contributed by atoms with Gasteiger partial charge in [-0.3, -0.25) is 0 Å². The molecule has 18 heavy (non-hydrogen) atoms. The van der Waals surface area contributed by atoms with Gasteiger partial charge in [0.2, 0.25) is 0 Å². The third-order valence-electron chi connectivity index (χ3n) is 2.98. The molecule has 0 unspecified atom stereocenters. The molecule has 3 aromatic carbocycles. The molecule has 3 rings (SSSR count). The molecule has 0 saturated heterocycles. The lowest BCUT2D eigenvalue weighted by molar-refractivity contribution is 0.483. The Hall–Kier alpha value is -2.28. The van der Waals surface area contributed by atoms with Crippen molar-refractivity contribution in [1.29, 1.82) is 0 Å². The number of rotatable bonds is 2. The number of ether oxygens (including phenoxy) is 1. The van der Waals surface area contributed by atoms with Crippen molar-refractivity contribution in [3.05, 3.63) is 72.3 Å². The first-order valence-corrected chi connectivity index (χ1v) is 6.04. The molecule has 0 radical (unpaired) electrons. The Morgan fingerprint density at radius 2 is 1.33 bits per heavy atom. The topological polar surface area (TPSA) is 9.23 Å². The van der Waals surface area contributed by atoms with Gasteiger partial charge in [-0.05, 0) is 42.0 Å². The maximum Gasteiger partial charge on any atom is 0.128 e. The highest BCUT2D eigenvalue weighted by atomic mass is 16.5. The van der Waals surface area contributed by atoms with Gasteiger partial charge in [-0.15, -0.1) is 0 Å². The summed E-state index contributed by atoms with van der Waals surface area (Å²) in [5.74, 6) is 1.74. The van der Waals surface area contributed by atoms with Crippen molar-refractivity contribution in [2.75, 3.05) is 0 Å². The Kier molecular flexibility index (Phi) is 2.73. The van der Waals surface area contributed by atoms with Gasteiger partial charge in [0.1, 0.15) is 11.5 Å². The van der Waals surface area contributed by atoms with Crippen molar-refractivity contribution < 1.29 is 4.74 Å². The van der Waals surface area contributed by atoms with Crippen LogP contribution in [0.1, 0.15) is 5.56 Å².